The van der Waals surface area contributed by atoms with Gasteiger partial charge >= 0.3 is 0 Å². The Balaban J connectivity index is 2.23. The van der Waals surface area contributed by atoms with Crippen molar-refractivity contribution in [1.29, 1.82) is 0 Å². The molecule has 1 fully saturated rings. The molecular weight excluding hydrogens is 188 g/mol. The molecule has 0 spiro atoms. The summed E-state index contributed by atoms with van der Waals surface area (Å²) < 4.78 is 0. The van der Waals surface area contributed by atoms with E-state index in [-0.39, 0.29) is 5.91 Å². The highest BCUT2D eigenvalue weighted by molar-refractivity contribution is 5.75. The van der Waals surface area contributed by atoms with Gasteiger partial charge in [-0.05, 0) is 38.3 Å². The maximum absolute atomic E-state index is 11.6. The molecule has 15 heavy (non-hydrogen) atoms. The Bertz CT molecular complexity index is 210. The summed E-state index contributed by atoms with van der Waals surface area (Å²) in [6.45, 7) is 6.74. The zero-order valence-corrected chi connectivity index (χ0v) is 9.67. The van der Waals surface area contributed by atoms with Gasteiger partial charge in [-0.1, -0.05) is 6.08 Å². The van der Waals surface area contributed by atoms with Crippen LogP contribution in [0.4, 0.5) is 0 Å². The van der Waals surface area contributed by atoms with Crippen LogP contribution < -0.4 is 5.32 Å². The topological polar surface area (TPSA) is 32.3 Å². The zero-order chi connectivity index (χ0) is 11.1. The van der Waals surface area contributed by atoms with Crippen LogP contribution in [0.3, 0.4) is 0 Å². The number of carbonyl (C=O) groups excluding carboxylic acids is 1. The molecular formula is C12H22N2O. The second-order valence-corrected chi connectivity index (χ2v) is 4.29. The second-order valence-electron chi connectivity index (χ2n) is 4.29. The predicted octanol–water partition coefficient (Wildman–Crippen LogP) is 1.41. The molecule has 0 radical (unpaired) electrons. The fraction of sp³-hybridized carbons (Fsp3) is 0.750. The molecule has 1 rings (SSSR count). The van der Waals surface area contributed by atoms with Gasteiger partial charge in [0.25, 0.3) is 0 Å². The van der Waals surface area contributed by atoms with Crippen molar-refractivity contribution in [3.63, 3.8) is 0 Å². The molecule has 3 nitrogen and oxygen atoms in total. The van der Waals surface area contributed by atoms with Crippen LogP contribution in [0.2, 0.25) is 0 Å². The van der Waals surface area contributed by atoms with E-state index in [0.29, 0.717) is 12.3 Å². The highest BCUT2D eigenvalue weighted by Gasteiger charge is 2.17. The Morgan fingerprint density at radius 1 is 1.53 bits per heavy atom. The fourth-order valence-corrected chi connectivity index (χ4v) is 1.97. The summed E-state index contributed by atoms with van der Waals surface area (Å²) in [5.74, 6) is 0.928. The number of hydrogen-bond donors (Lipinski definition) is 1. The average molecular weight is 210 g/mol. The molecule has 0 bridgehead atoms. The highest BCUT2D eigenvalue weighted by Crippen LogP contribution is 2.13. The van der Waals surface area contributed by atoms with Crippen molar-refractivity contribution in [2.45, 2.75) is 25.7 Å². The molecule has 0 atom stereocenters. The number of amides is 1. The molecule has 3 heteroatoms. The third-order valence-electron chi connectivity index (χ3n) is 2.98. The SMILES string of the molecule is C=CCCC(=O)N(C)CC1CCNCC1. The molecule has 1 amide bonds. The van der Waals surface area contributed by atoms with Crippen LogP contribution in [0.1, 0.15) is 25.7 Å². The van der Waals surface area contributed by atoms with Crippen molar-refractivity contribution < 1.29 is 4.79 Å². The Morgan fingerprint density at radius 2 is 2.20 bits per heavy atom. The van der Waals surface area contributed by atoms with E-state index in [1.165, 1.54) is 12.8 Å². The van der Waals surface area contributed by atoms with Crippen molar-refractivity contribution in [3.8, 4) is 0 Å². The third-order valence-corrected chi connectivity index (χ3v) is 2.98. The Kier molecular flexibility index (Phi) is 5.40. The number of rotatable bonds is 5. The van der Waals surface area contributed by atoms with E-state index in [4.69, 9.17) is 0 Å². The van der Waals surface area contributed by atoms with Crippen LogP contribution >= 0.6 is 0 Å². The van der Waals surface area contributed by atoms with Gasteiger partial charge in [-0.15, -0.1) is 6.58 Å². The van der Waals surface area contributed by atoms with Crippen LogP contribution in [0, 0.1) is 5.92 Å². The van der Waals surface area contributed by atoms with Gasteiger partial charge in [0, 0.05) is 20.0 Å². The molecule has 0 aromatic heterocycles. The minimum atomic E-state index is 0.244. The highest BCUT2D eigenvalue weighted by atomic mass is 16.2. The molecule has 0 aromatic rings. The first-order valence-electron chi connectivity index (χ1n) is 5.79. The minimum Gasteiger partial charge on any atom is -0.345 e. The van der Waals surface area contributed by atoms with Gasteiger partial charge in [0.15, 0.2) is 0 Å². The lowest BCUT2D eigenvalue weighted by atomic mass is 9.97. The maximum Gasteiger partial charge on any atom is 0.222 e. The Labute approximate surface area is 92.5 Å². The average Bonchev–Trinajstić information content (AvgIpc) is 2.27. The van der Waals surface area contributed by atoms with Gasteiger partial charge in [0.2, 0.25) is 5.91 Å². The fourth-order valence-electron chi connectivity index (χ4n) is 1.97. The molecule has 0 unspecified atom stereocenters. The van der Waals surface area contributed by atoms with Crippen molar-refractivity contribution in [3.05, 3.63) is 12.7 Å². The van der Waals surface area contributed by atoms with E-state index in [0.717, 1.165) is 26.1 Å². The summed E-state index contributed by atoms with van der Waals surface area (Å²) in [5, 5.41) is 3.33. The molecule has 0 aromatic carbocycles. The van der Waals surface area contributed by atoms with E-state index < -0.39 is 0 Å². The molecule has 0 aliphatic carbocycles. The van der Waals surface area contributed by atoms with Crippen LogP contribution in [0.25, 0.3) is 0 Å². The van der Waals surface area contributed by atoms with Gasteiger partial charge in [-0.3, -0.25) is 4.79 Å². The van der Waals surface area contributed by atoms with Crippen LogP contribution in [-0.4, -0.2) is 37.5 Å². The van der Waals surface area contributed by atoms with Gasteiger partial charge < -0.3 is 10.2 Å². The smallest absolute Gasteiger partial charge is 0.222 e. The van der Waals surface area contributed by atoms with Gasteiger partial charge in [0.05, 0.1) is 0 Å². The van der Waals surface area contributed by atoms with Crippen molar-refractivity contribution in [2.24, 2.45) is 5.92 Å². The minimum absolute atomic E-state index is 0.244. The molecule has 1 saturated heterocycles. The third kappa shape index (κ3) is 4.47. The standard InChI is InChI=1S/C12H22N2O/c1-3-4-5-12(15)14(2)10-11-6-8-13-9-7-11/h3,11,13H,1,4-10H2,2H3. The van der Waals surface area contributed by atoms with E-state index >= 15 is 0 Å². The number of allylic oxidation sites excluding steroid dienone is 1. The second kappa shape index (κ2) is 6.62. The number of nitrogens with zero attached hydrogens (tertiary/aromatic N) is 1. The predicted molar refractivity (Wildman–Crippen MR) is 62.7 cm³/mol. The van der Waals surface area contributed by atoms with Crippen molar-refractivity contribution in [2.75, 3.05) is 26.7 Å². The lowest BCUT2D eigenvalue weighted by Crippen LogP contribution is -2.37. The van der Waals surface area contributed by atoms with Crippen LogP contribution in [-0.2, 0) is 4.79 Å². The Morgan fingerprint density at radius 3 is 2.80 bits per heavy atom. The number of carbonyl (C=O) groups is 1. The van der Waals surface area contributed by atoms with Gasteiger partial charge in [-0.2, -0.15) is 0 Å². The monoisotopic (exact) mass is 210 g/mol. The van der Waals surface area contributed by atoms with E-state index in [1.54, 1.807) is 6.08 Å². The number of hydrogen-bond acceptors (Lipinski definition) is 2. The number of nitrogens with one attached hydrogen (secondary N) is 1. The lowest BCUT2D eigenvalue weighted by molar-refractivity contribution is -0.130. The Hall–Kier alpha value is -0.830. The van der Waals surface area contributed by atoms with Crippen molar-refractivity contribution in [1.82, 2.24) is 10.2 Å². The van der Waals surface area contributed by atoms with E-state index in [1.807, 2.05) is 11.9 Å². The molecule has 1 aliphatic rings. The first-order chi connectivity index (χ1) is 7.24. The first kappa shape index (κ1) is 12.2. The normalized spacial score (nSPS) is 17.4. The lowest BCUT2D eigenvalue weighted by Gasteiger charge is -2.27. The van der Waals surface area contributed by atoms with Crippen LogP contribution in [0.15, 0.2) is 12.7 Å². The largest absolute Gasteiger partial charge is 0.345 e. The molecule has 1 heterocycles. The first-order valence-corrected chi connectivity index (χ1v) is 5.79. The van der Waals surface area contributed by atoms with Crippen LogP contribution in [0.5, 0.6) is 0 Å². The summed E-state index contributed by atoms with van der Waals surface area (Å²) in [6.07, 6.45) is 5.58. The summed E-state index contributed by atoms with van der Waals surface area (Å²) in [4.78, 5) is 13.5. The molecule has 0 saturated carbocycles. The molecule has 1 N–H and O–H groups in total. The summed E-state index contributed by atoms with van der Waals surface area (Å²) in [5.41, 5.74) is 0. The van der Waals surface area contributed by atoms with E-state index in [2.05, 4.69) is 11.9 Å². The van der Waals surface area contributed by atoms with Crippen molar-refractivity contribution >= 4 is 5.91 Å². The molecule has 86 valence electrons. The molecule has 1 aliphatic heterocycles. The van der Waals surface area contributed by atoms with Gasteiger partial charge in [0.1, 0.15) is 0 Å². The number of piperidine rings is 1. The zero-order valence-electron chi connectivity index (χ0n) is 9.67. The van der Waals surface area contributed by atoms with Gasteiger partial charge in [-0.25, -0.2) is 0 Å². The summed E-state index contributed by atoms with van der Waals surface area (Å²) in [7, 11) is 1.91. The summed E-state index contributed by atoms with van der Waals surface area (Å²) >= 11 is 0. The summed E-state index contributed by atoms with van der Waals surface area (Å²) in [6, 6.07) is 0. The quantitative estimate of drug-likeness (QED) is 0.696. The van der Waals surface area contributed by atoms with E-state index in [9.17, 15) is 4.79 Å². The maximum atomic E-state index is 11.6.